The number of hydrogen-bond donors (Lipinski definition) is 2. The summed E-state index contributed by atoms with van der Waals surface area (Å²) in [7, 11) is 0. The Labute approximate surface area is 191 Å². The fourth-order valence-corrected chi connectivity index (χ4v) is 4.20. The van der Waals surface area contributed by atoms with Crippen LogP contribution in [0, 0.1) is 0 Å². The zero-order valence-corrected chi connectivity index (χ0v) is 18.4. The molecule has 0 bridgehead atoms. The van der Waals surface area contributed by atoms with Gasteiger partial charge in [-0.05, 0) is 58.8 Å². The molecule has 0 radical (unpaired) electrons. The third-order valence-corrected chi connectivity index (χ3v) is 5.97. The van der Waals surface area contributed by atoms with Crippen LogP contribution >= 0.6 is 11.3 Å². The van der Waals surface area contributed by atoms with Crippen LogP contribution in [0.2, 0.25) is 0 Å². The molecule has 0 fully saturated rings. The molecule has 0 saturated heterocycles. The molecule has 2 amide bonds. The molecule has 0 aliphatic rings. The van der Waals surface area contributed by atoms with Crippen LogP contribution in [0.4, 0.5) is 0 Å². The van der Waals surface area contributed by atoms with Crippen molar-refractivity contribution in [2.75, 3.05) is 6.54 Å². The maximum atomic E-state index is 12.9. The molecule has 0 atom stereocenters. The minimum absolute atomic E-state index is 0.242. The van der Waals surface area contributed by atoms with E-state index < -0.39 is 0 Å². The first kappa shape index (κ1) is 21.5. The van der Waals surface area contributed by atoms with E-state index in [0.717, 1.165) is 17.7 Å². The van der Waals surface area contributed by atoms with Gasteiger partial charge < -0.3 is 10.6 Å². The Kier molecular flexibility index (Phi) is 7.10. The topological polar surface area (TPSA) is 58.2 Å². The van der Waals surface area contributed by atoms with Gasteiger partial charge in [0.25, 0.3) is 11.8 Å². The number of fused-ring (bicyclic) bond motifs is 1. The fraction of sp³-hybridized carbons (Fsp3) is 0.111. The average molecular weight is 441 g/mol. The van der Waals surface area contributed by atoms with Crippen molar-refractivity contribution < 1.29 is 9.59 Å². The number of carbonyl (C=O) groups excluding carboxylic acids is 2. The molecule has 2 N–H and O–H groups in total. The van der Waals surface area contributed by atoms with Crippen molar-refractivity contribution in [3.05, 3.63) is 112 Å². The normalized spacial score (nSPS) is 11.3. The standard InChI is InChI=1S/C27H24N2O2S/c30-26(22-10-2-1-3-11-22)29-25(19-23-15-8-18-32-23)27(31)28-17-7-14-21-13-6-12-20-9-4-5-16-24(20)21/h1-6,8-13,15-16,18-19H,7,14,17H2,(H,28,31)(H,29,30)/b25-19-. The third-order valence-electron chi connectivity index (χ3n) is 5.15. The highest BCUT2D eigenvalue weighted by Crippen LogP contribution is 2.19. The molecular formula is C27H24N2O2S. The summed E-state index contributed by atoms with van der Waals surface area (Å²) in [6.07, 6.45) is 3.38. The van der Waals surface area contributed by atoms with Gasteiger partial charge in [-0.15, -0.1) is 11.3 Å². The van der Waals surface area contributed by atoms with Crippen LogP contribution in [-0.2, 0) is 11.2 Å². The van der Waals surface area contributed by atoms with Crippen molar-refractivity contribution in [2.24, 2.45) is 0 Å². The number of thiophene rings is 1. The quantitative estimate of drug-likeness (QED) is 0.284. The Balaban J connectivity index is 1.39. The second-order valence-corrected chi connectivity index (χ2v) is 8.37. The molecular weight excluding hydrogens is 416 g/mol. The van der Waals surface area contributed by atoms with Gasteiger partial charge in [-0.25, -0.2) is 0 Å². The van der Waals surface area contributed by atoms with Crippen molar-refractivity contribution in [1.82, 2.24) is 10.6 Å². The summed E-state index contributed by atoms with van der Waals surface area (Å²) < 4.78 is 0. The van der Waals surface area contributed by atoms with Crippen molar-refractivity contribution in [3.63, 3.8) is 0 Å². The zero-order chi connectivity index (χ0) is 22.2. The Morgan fingerprint density at radius 1 is 0.844 bits per heavy atom. The van der Waals surface area contributed by atoms with Gasteiger partial charge in [0, 0.05) is 17.0 Å². The van der Waals surface area contributed by atoms with Crippen molar-refractivity contribution in [2.45, 2.75) is 12.8 Å². The van der Waals surface area contributed by atoms with E-state index in [9.17, 15) is 9.59 Å². The molecule has 32 heavy (non-hydrogen) atoms. The smallest absolute Gasteiger partial charge is 0.267 e. The Hall–Kier alpha value is -3.70. The predicted octanol–water partition coefficient (Wildman–Crippen LogP) is 5.42. The number of carbonyl (C=O) groups is 2. The molecule has 0 aliphatic carbocycles. The fourth-order valence-electron chi connectivity index (χ4n) is 3.54. The van der Waals surface area contributed by atoms with E-state index in [1.807, 2.05) is 35.7 Å². The van der Waals surface area contributed by atoms with Gasteiger partial charge in [0.05, 0.1) is 0 Å². The molecule has 0 spiro atoms. The molecule has 1 heterocycles. The van der Waals surface area contributed by atoms with Crippen LogP contribution in [0.25, 0.3) is 16.8 Å². The molecule has 1 aromatic heterocycles. The van der Waals surface area contributed by atoms with Gasteiger partial charge in [-0.1, -0.05) is 66.7 Å². The summed E-state index contributed by atoms with van der Waals surface area (Å²) in [5, 5.41) is 10.1. The summed E-state index contributed by atoms with van der Waals surface area (Å²) in [5.41, 5.74) is 2.02. The SMILES string of the molecule is O=C(NCCCc1cccc2ccccc12)/C(=C/c1cccs1)NC(=O)c1ccccc1. The largest absolute Gasteiger partial charge is 0.351 e. The lowest BCUT2D eigenvalue weighted by Gasteiger charge is -2.11. The first-order valence-electron chi connectivity index (χ1n) is 10.6. The van der Waals surface area contributed by atoms with Crippen LogP contribution in [-0.4, -0.2) is 18.4 Å². The van der Waals surface area contributed by atoms with Crippen molar-refractivity contribution in [1.29, 1.82) is 0 Å². The molecule has 4 rings (SSSR count). The summed E-state index contributed by atoms with van der Waals surface area (Å²) in [6.45, 7) is 0.519. The maximum Gasteiger partial charge on any atom is 0.267 e. The number of amides is 2. The van der Waals surface area contributed by atoms with E-state index in [2.05, 4.69) is 41.0 Å². The van der Waals surface area contributed by atoms with Crippen LogP contribution in [0.5, 0.6) is 0 Å². The summed E-state index contributed by atoms with van der Waals surface area (Å²) >= 11 is 1.51. The van der Waals surface area contributed by atoms with Gasteiger partial charge in [-0.2, -0.15) is 0 Å². The number of benzene rings is 3. The molecule has 5 heteroatoms. The maximum absolute atomic E-state index is 12.9. The molecule has 0 aliphatic heterocycles. The van der Waals surface area contributed by atoms with Gasteiger partial charge in [0.15, 0.2) is 0 Å². The van der Waals surface area contributed by atoms with E-state index in [4.69, 9.17) is 0 Å². The number of hydrogen-bond acceptors (Lipinski definition) is 3. The summed E-state index contributed by atoms with van der Waals surface area (Å²) in [6, 6.07) is 27.3. The van der Waals surface area contributed by atoms with E-state index in [1.54, 1.807) is 30.3 Å². The third kappa shape index (κ3) is 5.50. The highest BCUT2D eigenvalue weighted by atomic mass is 32.1. The summed E-state index contributed by atoms with van der Waals surface area (Å²) in [4.78, 5) is 26.4. The van der Waals surface area contributed by atoms with Gasteiger partial charge in [-0.3, -0.25) is 9.59 Å². The molecule has 4 nitrogen and oxygen atoms in total. The zero-order valence-electron chi connectivity index (χ0n) is 17.6. The lowest BCUT2D eigenvalue weighted by Crippen LogP contribution is -2.35. The van der Waals surface area contributed by atoms with Crippen molar-refractivity contribution in [3.8, 4) is 0 Å². The summed E-state index contributed by atoms with van der Waals surface area (Å²) in [5.74, 6) is -0.597. The number of aryl methyl sites for hydroxylation is 1. The van der Waals surface area contributed by atoms with Crippen LogP contribution in [0.3, 0.4) is 0 Å². The first-order chi connectivity index (χ1) is 15.7. The molecule has 160 valence electrons. The van der Waals surface area contributed by atoms with Crippen LogP contribution < -0.4 is 10.6 Å². The Bertz CT molecular complexity index is 1230. The minimum Gasteiger partial charge on any atom is -0.351 e. The van der Waals surface area contributed by atoms with E-state index in [0.29, 0.717) is 12.1 Å². The van der Waals surface area contributed by atoms with E-state index in [1.165, 1.54) is 27.7 Å². The number of nitrogens with one attached hydrogen (secondary N) is 2. The highest BCUT2D eigenvalue weighted by molar-refractivity contribution is 7.10. The Morgan fingerprint density at radius 2 is 1.62 bits per heavy atom. The number of rotatable bonds is 8. The molecule has 3 aromatic carbocycles. The van der Waals surface area contributed by atoms with Gasteiger partial charge in [0.1, 0.15) is 5.70 Å². The molecule has 0 saturated carbocycles. The monoisotopic (exact) mass is 440 g/mol. The van der Waals surface area contributed by atoms with Crippen LogP contribution in [0.1, 0.15) is 27.2 Å². The molecule has 0 unspecified atom stereocenters. The van der Waals surface area contributed by atoms with E-state index >= 15 is 0 Å². The highest BCUT2D eigenvalue weighted by Gasteiger charge is 2.14. The predicted molar refractivity (Wildman–Crippen MR) is 131 cm³/mol. The van der Waals surface area contributed by atoms with Crippen molar-refractivity contribution >= 4 is 40.0 Å². The minimum atomic E-state index is -0.306. The molecule has 4 aromatic rings. The second kappa shape index (κ2) is 10.6. The first-order valence-corrected chi connectivity index (χ1v) is 11.4. The van der Waals surface area contributed by atoms with Gasteiger partial charge >= 0.3 is 0 Å². The average Bonchev–Trinajstić information content (AvgIpc) is 3.35. The van der Waals surface area contributed by atoms with Gasteiger partial charge in [0.2, 0.25) is 0 Å². The lowest BCUT2D eigenvalue weighted by molar-refractivity contribution is -0.117. The Morgan fingerprint density at radius 3 is 2.44 bits per heavy atom. The van der Waals surface area contributed by atoms with E-state index in [-0.39, 0.29) is 17.5 Å². The second-order valence-electron chi connectivity index (χ2n) is 7.39. The lowest BCUT2D eigenvalue weighted by atomic mass is 10.0. The van der Waals surface area contributed by atoms with Crippen LogP contribution in [0.15, 0.2) is 96.0 Å².